The molecule has 4 atom stereocenters. The number of nitrogens with zero attached hydrogens (tertiary/aromatic N) is 2. The molecule has 2 saturated heterocycles. The van der Waals surface area contributed by atoms with Gasteiger partial charge in [0.1, 0.15) is 11.2 Å². The van der Waals surface area contributed by atoms with Gasteiger partial charge < -0.3 is 29.5 Å². The summed E-state index contributed by atoms with van der Waals surface area (Å²) in [6.45, 7) is 14.5. The largest absolute Gasteiger partial charge is 0.444 e. The number of hydrogen-bond donors (Lipinski definition) is 2. The Bertz CT molecular complexity index is 683. The average molecular weight is 483 g/mol. The van der Waals surface area contributed by atoms with Crippen LogP contribution in [0.25, 0.3) is 0 Å². The number of amides is 2. The molecule has 2 aliphatic heterocycles. The maximum absolute atomic E-state index is 12.0. The van der Waals surface area contributed by atoms with E-state index in [2.05, 4.69) is 0 Å². The van der Waals surface area contributed by atoms with E-state index in [-0.39, 0.29) is 36.2 Å². The smallest absolute Gasteiger partial charge is 0.410 e. The summed E-state index contributed by atoms with van der Waals surface area (Å²) in [5.41, 5.74) is -0.976. The van der Waals surface area contributed by atoms with Gasteiger partial charge in [-0.25, -0.2) is 9.59 Å². The highest BCUT2D eigenvalue weighted by molar-refractivity contribution is 5.69. The van der Waals surface area contributed by atoms with Crippen LogP contribution in [0, 0.1) is 22.7 Å². The number of carbonyl (C=O) groups excluding carboxylic acids is 2. The van der Waals surface area contributed by atoms with Gasteiger partial charge in [-0.3, -0.25) is 0 Å². The van der Waals surface area contributed by atoms with E-state index in [1.807, 2.05) is 41.5 Å². The standard InChI is InChI=1S/2C13H23NO3/c2*1-12(2,3)17-11(16)14-7-10-5-4-6-13(10,8-14)9-15/h2*10,15H,4-9H2,1-3H3/t2*10-,13+/m10/s1. The number of aliphatic hydroxyl groups is 2. The third-order valence-corrected chi connectivity index (χ3v) is 8.01. The summed E-state index contributed by atoms with van der Waals surface area (Å²) in [5.74, 6) is 0.917. The normalized spacial score (nSPS) is 32.7. The van der Waals surface area contributed by atoms with Crippen molar-refractivity contribution in [2.75, 3.05) is 39.4 Å². The van der Waals surface area contributed by atoms with Gasteiger partial charge in [-0.2, -0.15) is 0 Å². The molecule has 0 spiro atoms. The zero-order chi connectivity index (χ0) is 25.4. The topological polar surface area (TPSA) is 99.5 Å². The van der Waals surface area contributed by atoms with Crippen LogP contribution in [-0.4, -0.2) is 82.8 Å². The summed E-state index contributed by atoms with van der Waals surface area (Å²) >= 11 is 0. The van der Waals surface area contributed by atoms with Gasteiger partial charge in [0.25, 0.3) is 0 Å². The molecule has 2 aliphatic carbocycles. The first-order chi connectivity index (χ1) is 15.7. The molecule has 2 N–H and O–H groups in total. The van der Waals surface area contributed by atoms with Crippen molar-refractivity contribution in [2.45, 2.75) is 91.3 Å². The molecule has 0 unspecified atom stereocenters. The summed E-state index contributed by atoms with van der Waals surface area (Å²) in [6, 6.07) is 0. The summed E-state index contributed by atoms with van der Waals surface area (Å²) in [6.07, 6.45) is 6.20. The monoisotopic (exact) mass is 482 g/mol. The van der Waals surface area contributed by atoms with E-state index in [0.717, 1.165) is 38.8 Å². The lowest BCUT2D eigenvalue weighted by Crippen LogP contribution is -2.37. The summed E-state index contributed by atoms with van der Waals surface area (Å²) in [7, 11) is 0. The van der Waals surface area contributed by atoms with Gasteiger partial charge >= 0.3 is 12.2 Å². The lowest BCUT2D eigenvalue weighted by Gasteiger charge is -2.27. The molecule has 4 rings (SSSR count). The number of fused-ring (bicyclic) bond motifs is 2. The van der Waals surface area contributed by atoms with E-state index in [0.29, 0.717) is 24.9 Å². The maximum Gasteiger partial charge on any atom is 0.410 e. The number of aliphatic hydroxyl groups excluding tert-OH is 2. The summed E-state index contributed by atoms with van der Waals surface area (Å²) in [5, 5.41) is 19.2. The van der Waals surface area contributed by atoms with Crippen molar-refractivity contribution in [3.05, 3.63) is 0 Å². The number of hydrogen-bond acceptors (Lipinski definition) is 6. The highest BCUT2D eigenvalue weighted by Crippen LogP contribution is 2.49. The molecule has 0 radical (unpaired) electrons. The SMILES string of the molecule is CC(C)(C)OC(=O)N1C[C@@H]2CCC[C@]2(CO)C1.CC(C)(C)OC(=O)N1C[C@H]2CCC[C@@]2(CO)C1. The summed E-state index contributed by atoms with van der Waals surface area (Å²) in [4.78, 5) is 27.5. The van der Waals surface area contributed by atoms with E-state index >= 15 is 0 Å². The van der Waals surface area contributed by atoms with Crippen LogP contribution in [-0.2, 0) is 9.47 Å². The maximum atomic E-state index is 12.0. The van der Waals surface area contributed by atoms with Crippen LogP contribution >= 0.6 is 0 Å². The van der Waals surface area contributed by atoms with Crippen molar-refractivity contribution in [2.24, 2.45) is 22.7 Å². The van der Waals surface area contributed by atoms with E-state index in [4.69, 9.17) is 9.47 Å². The van der Waals surface area contributed by atoms with Crippen molar-refractivity contribution < 1.29 is 29.3 Å². The molecule has 0 aromatic heterocycles. The van der Waals surface area contributed by atoms with Gasteiger partial charge in [0, 0.05) is 37.0 Å². The van der Waals surface area contributed by atoms with E-state index in [1.165, 1.54) is 12.8 Å². The van der Waals surface area contributed by atoms with Crippen LogP contribution in [0.3, 0.4) is 0 Å². The number of likely N-dealkylation sites (tertiary alicyclic amines) is 2. The molecule has 34 heavy (non-hydrogen) atoms. The van der Waals surface area contributed by atoms with E-state index < -0.39 is 11.2 Å². The third-order valence-electron chi connectivity index (χ3n) is 8.01. The fraction of sp³-hybridized carbons (Fsp3) is 0.923. The number of ether oxygens (including phenoxy) is 2. The molecule has 2 saturated carbocycles. The zero-order valence-corrected chi connectivity index (χ0v) is 22.1. The first-order valence-corrected chi connectivity index (χ1v) is 12.9. The van der Waals surface area contributed by atoms with Gasteiger partial charge in [-0.1, -0.05) is 12.8 Å². The minimum atomic E-state index is -0.443. The molecule has 8 nitrogen and oxygen atoms in total. The highest BCUT2D eigenvalue weighted by atomic mass is 16.6. The van der Waals surface area contributed by atoms with Gasteiger partial charge in [-0.05, 0) is 79.1 Å². The van der Waals surface area contributed by atoms with E-state index in [9.17, 15) is 19.8 Å². The fourth-order valence-corrected chi connectivity index (χ4v) is 6.28. The van der Waals surface area contributed by atoms with Gasteiger partial charge in [0.2, 0.25) is 0 Å². The van der Waals surface area contributed by atoms with Crippen LogP contribution in [0.4, 0.5) is 9.59 Å². The van der Waals surface area contributed by atoms with Gasteiger partial charge in [0.15, 0.2) is 0 Å². The fourth-order valence-electron chi connectivity index (χ4n) is 6.28. The van der Waals surface area contributed by atoms with E-state index in [1.54, 1.807) is 9.80 Å². The minimum absolute atomic E-state index is 0.0447. The third kappa shape index (κ3) is 5.99. The Labute approximate surface area is 205 Å². The molecular formula is C26H46N2O6. The van der Waals surface area contributed by atoms with Crippen LogP contribution < -0.4 is 0 Å². The van der Waals surface area contributed by atoms with Gasteiger partial charge in [0.05, 0.1) is 13.2 Å². The molecule has 196 valence electrons. The van der Waals surface area contributed by atoms with Crippen molar-refractivity contribution in [1.82, 2.24) is 9.80 Å². The zero-order valence-electron chi connectivity index (χ0n) is 22.1. The second-order valence-corrected chi connectivity index (χ2v) is 12.9. The molecule has 8 heteroatoms. The van der Waals surface area contributed by atoms with Crippen LogP contribution in [0.15, 0.2) is 0 Å². The first kappa shape index (κ1) is 27.1. The van der Waals surface area contributed by atoms with Crippen molar-refractivity contribution >= 4 is 12.2 Å². The molecule has 2 amide bonds. The Hall–Kier alpha value is -1.54. The Kier molecular flexibility index (Phi) is 7.83. The molecule has 0 aromatic carbocycles. The van der Waals surface area contributed by atoms with Crippen LogP contribution in [0.2, 0.25) is 0 Å². The quantitative estimate of drug-likeness (QED) is 0.616. The van der Waals surface area contributed by atoms with Crippen molar-refractivity contribution in [3.8, 4) is 0 Å². The second kappa shape index (κ2) is 9.84. The Morgan fingerprint density at radius 3 is 1.38 bits per heavy atom. The number of rotatable bonds is 2. The molecule has 0 aromatic rings. The Morgan fingerprint density at radius 2 is 1.12 bits per heavy atom. The summed E-state index contributed by atoms with van der Waals surface area (Å²) < 4.78 is 10.8. The minimum Gasteiger partial charge on any atom is -0.444 e. The second-order valence-electron chi connectivity index (χ2n) is 12.9. The van der Waals surface area contributed by atoms with Crippen LogP contribution in [0.1, 0.15) is 80.1 Å². The molecule has 2 heterocycles. The number of carbonyl (C=O) groups is 2. The lowest BCUT2D eigenvalue weighted by molar-refractivity contribution is 0.0241. The highest BCUT2D eigenvalue weighted by Gasteiger charge is 2.52. The Balaban J connectivity index is 0.000000191. The molecule has 4 aliphatic rings. The Morgan fingerprint density at radius 1 is 0.765 bits per heavy atom. The first-order valence-electron chi connectivity index (χ1n) is 12.9. The molecular weight excluding hydrogens is 436 g/mol. The predicted octanol–water partition coefficient (Wildman–Crippen LogP) is 4.03. The average Bonchev–Trinajstić information content (AvgIpc) is 3.43. The van der Waals surface area contributed by atoms with Crippen LogP contribution in [0.5, 0.6) is 0 Å². The van der Waals surface area contributed by atoms with Crippen molar-refractivity contribution in [3.63, 3.8) is 0 Å². The lowest BCUT2D eigenvalue weighted by atomic mass is 9.82. The van der Waals surface area contributed by atoms with Gasteiger partial charge in [-0.15, -0.1) is 0 Å². The predicted molar refractivity (Wildman–Crippen MR) is 129 cm³/mol. The van der Waals surface area contributed by atoms with Crippen molar-refractivity contribution in [1.29, 1.82) is 0 Å². The molecule has 4 fully saturated rings. The molecule has 0 bridgehead atoms.